The third-order valence-electron chi connectivity index (χ3n) is 3.87. The van der Waals surface area contributed by atoms with Gasteiger partial charge in [-0.1, -0.05) is 30.7 Å². The average molecular weight is 347 g/mol. The molecular weight excluding hydrogens is 328 g/mol. The molecule has 0 spiro atoms. The lowest BCUT2D eigenvalue weighted by Gasteiger charge is -2.35. The van der Waals surface area contributed by atoms with Gasteiger partial charge < -0.3 is 5.73 Å². The molecule has 0 amide bonds. The zero-order valence-electron chi connectivity index (χ0n) is 12.0. The fourth-order valence-electron chi connectivity index (χ4n) is 2.57. The van der Waals surface area contributed by atoms with E-state index in [0.29, 0.717) is 18.0 Å². The minimum absolute atomic E-state index is 0.000219. The van der Waals surface area contributed by atoms with Gasteiger partial charge in [0.2, 0.25) is 10.0 Å². The lowest BCUT2D eigenvalue weighted by molar-refractivity contribution is 0.218. The molecule has 1 fully saturated rings. The van der Waals surface area contributed by atoms with E-state index in [4.69, 9.17) is 29.6 Å². The van der Waals surface area contributed by atoms with Crippen molar-refractivity contribution in [2.24, 2.45) is 11.7 Å². The first kappa shape index (κ1) is 16.7. The number of piperidine rings is 1. The van der Waals surface area contributed by atoms with Crippen LogP contribution in [0.4, 0.5) is 0 Å². The number of benzene rings is 1. The maximum absolute atomic E-state index is 12.8. The molecule has 1 aromatic carbocycles. The summed E-state index contributed by atoms with van der Waals surface area (Å²) in [6, 6.07) is 4.51. The van der Waals surface area contributed by atoms with Crippen molar-refractivity contribution in [3.05, 3.63) is 28.8 Å². The molecular formula is C14H19ClN2O2S2. The Kier molecular flexibility index (Phi) is 4.92. The Morgan fingerprint density at radius 2 is 2.05 bits per heavy atom. The molecule has 4 nitrogen and oxygen atoms in total. The van der Waals surface area contributed by atoms with Crippen LogP contribution in [-0.4, -0.2) is 30.3 Å². The lowest BCUT2D eigenvalue weighted by Crippen LogP contribution is -2.44. The molecule has 7 heteroatoms. The third-order valence-corrected chi connectivity index (χ3v) is 6.38. The van der Waals surface area contributed by atoms with Gasteiger partial charge in [-0.3, -0.25) is 0 Å². The summed E-state index contributed by atoms with van der Waals surface area (Å²) in [4.78, 5) is 0.345. The maximum atomic E-state index is 12.8. The summed E-state index contributed by atoms with van der Waals surface area (Å²) in [5.74, 6) is 0.363. The Labute approximate surface area is 136 Å². The number of nitrogens with zero attached hydrogens (tertiary/aromatic N) is 1. The summed E-state index contributed by atoms with van der Waals surface area (Å²) in [5.41, 5.74) is 6.04. The van der Waals surface area contributed by atoms with E-state index in [1.54, 1.807) is 10.4 Å². The van der Waals surface area contributed by atoms with Crippen LogP contribution in [-0.2, 0) is 10.0 Å². The molecule has 0 radical (unpaired) electrons. The van der Waals surface area contributed by atoms with Gasteiger partial charge in [-0.05, 0) is 43.9 Å². The van der Waals surface area contributed by atoms with Crippen LogP contribution in [0.1, 0.15) is 32.3 Å². The topological polar surface area (TPSA) is 63.4 Å². The maximum Gasteiger partial charge on any atom is 0.243 e. The quantitative estimate of drug-likeness (QED) is 0.855. The highest BCUT2D eigenvalue weighted by Crippen LogP contribution is 2.29. The average Bonchev–Trinajstić information content (AvgIpc) is 2.40. The van der Waals surface area contributed by atoms with Crippen LogP contribution in [0, 0.1) is 5.92 Å². The third kappa shape index (κ3) is 3.39. The van der Waals surface area contributed by atoms with Crippen LogP contribution in [0.5, 0.6) is 0 Å². The number of hydrogen-bond acceptors (Lipinski definition) is 3. The minimum atomic E-state index is -3.54. The monoisotopic (exact) mass is 346 g/mol. The number of thiocarbonyl (C=S) groups is 1. The smallest absolute Gasteiger partial charge is 0.243 e. The second-order valence-electron chi connectivity index (χ2n) is 5.61. The zero-order valence-corrected chi connectivity index (χ0v) is 14.4. The molecule has 1 saturated heterocycles. The van der Waals surface area contributed by atoms with Crippen LogP contribution < -0.4 is 5.73 Å². The summed E-state index contributed by atoms with van der Waals surface area (Å²) < 4.78 is 27.1. The van der Waals surface area contributed by atoms with E-state index in [1.165, 1.54) is 12.1 Å². The Hall–Kier alpha value is -0.690. The Morgan fingerprint density at radius 3 is 2.62 bits per heavy atom. The fourth-order valence-corrected chi connectivity index (χ4v) is 4.96. The number of hydrogen-bond donors (Lipinski definition) is 1. The summed E-state index contributed by atoms with van der Waals surface area (Å²) in [6.45, 7) is 4.55. The van der Waals surface area contributed by atoms with Crippen LogP contribution in [0.15, 0.2) is 23.1 Å². The largest absolute Gasteiger partial charge is 0.389 e. The predicted octanol–water partition coefficient (Wildman–Crippen LogP) is 2.78. The van der Waals surface area contributed by atoms with Crippen molar-refractivity contribution in [1.82, 2.24) is 4.31 Å². The van der Waals surface area contributed by atoms with Crippen LogP contribution in [0.3, 0.4) is 0 Å². The molecule has 2 unspecified atom stereocenters. The van der Waals surface area contributed by atoms with Crippen molar-refractivity contribution in [2.45, 2.75) is 37.6 Å². The molecule has 0 saturated carbocycles. The van der Waals surface area contributed by atoms with Crippen molar-refractivity contribution in [1.29, 1.82) is 0 Å². The molecule has 1 aliphatic heterocycles. The van der Waals surface area contributed by atoms with Gasteiger partial charge in [0.25, 0.3) is 0 Å². The molecule has 0 aliphatic carbocycles. The van der Waals surface area contributed by atoms with E-state index in [-0.39, 0.29) is 20.9 Å². The molecule has 1 aliphatic rings. The van der Waals surface area contributed by atoms with Crippen molar-refractivity contribution < 1.29 is 8.42 Å². The highest BCUT2D eigenvalue weighted by molar-refractivity contribution is 7.89. The first-order valence-electron chi connectivity index (χ1n) is 6.84. The Bertz CT molecular complexity index is 661. The Morgan fingerprint density at radius 1 is 1.38 bits per heavy atom. The molecule has 2 rings (SSSR count). The zero-order chi connectivity index (χ0) is 15.8. The van der Waals surface area contributed by atoms with E-state index in [2.05, 4.69) is 6.92 Å². The van der Waals surface area contributed by atoms with Gasteiger partial charge in [0.1, 0.15) is 4.99 Å². The standard InChI is InChI=1S/C14H19ClN2O2S2/c1-9-3-4-10(2)17(8-9)21(18,19)11-5-6-12(14(16)20)13(15)7-11/h5-7,9-10H,3-4,8H2,1-2H3,(H2,16,20). The van der Waals surface area contributed by atoms with Gasteiger partial charge in [0, 0.05) is 18.2 Å². The van der Waals surface area contributed by atoms with Gasteiger partial charge in [0.15, 0.2) is 0 Å². The summed E-state index contributed by atoms with van der Waals surface area (Å²) in [6.07, 6.45) is 1.92. The highest BCUT2D eigenvalue weighted by Gasteiger charge is 2.33. The van der Waals surface area contributed by atoms with E-state index in [1.807, 2.05) is 6.92 Å². The second-order valence-corrected chi connectivity index (χ2v) is 8.35. The summed E-state index contributed by atoms with van der Waals surface area (Å²) in [7, 11) is -3.54. The number of sulfonamides is 1. The van der Waals surface area contributed by atoms with Gasteiger partial charge in [-0.2, -0.15) is 4.31 Å². The van der Waals surface area contributed by atoms with Gasteiger partial charge >= 0.3 is 0 Å². The normalized spacial score (nSPS) is 24.0. The van der Waals surface area contributed by atoms with E-state index >= 15 is 0 Å². The predicted molar refractivity (Wildman–Crippen MR) is 89.1 cm³/mol. The van der Waals surface area contributed by atoms with E-state index < -0.39 is 10.0 Å². The number of nitrogens with two attached hydrogens (primary N) is 1. The van der Waals surface area contributed by atoms with E-state index in [9.17, 15) is 8.42 Å². The fraction of sp³-hybridized carbons (Fsp3) is 0.500. The SMILES string of the molecule is CC1CCC(C)N(S(=O)(=O)c2ccc(C(N)=S)c(Cl)c2)C1. The first-order chi connectivity index (χ1) is 9.73. The van der Waals surface area contributed by atoms with Crippen molar-refractivity contribution >= 4 is 38.8 Å². The molecule has 2 atom stereocenters. The van der Waals surface area contributed by atoms with Crippen molar-refractivity contribution in [3.63, 3.8) is 0 Å². The van der Waals surface area contributed by atoms with Crippen LogP contribution in [0.2, 0.25) is 5.02 Å². The number of rotatable bonds is 3. The lowest BCUT2D eigenvalue weighted by atomic mass is 9.97. The van der Waals surface area contributed by atoms with E-state index in [0.717, 1.165) is 12.8 Å². The van der Waals surface area contributed by atoms with Crippen molar-refractivity contribution in [3.8, 4) is 0 Å². The molecule has 0 aromatic heterocycles. The molecule has 1 heterocycles. The van der Waals surface area contributed by atoms with Gasteiger partial charge in [0.05, 0.1) is 9.92 Å². The van der Waals surface area contributed by atoms with Crippen LogP contribution in [0.25, 0.3) is 0 Å². The molecule has 116 valence electrons. The van der Waals surface area contributed by atoms with Crippen LogP contribution >= 0.6 is 23.8 Å². The van der Waals surface area contributed by atoms with Gasteiger partial charge in [-0.15, -0.1) is 0 Å². The highest BCUT2D eigenvalue weighted by atomic mass is 35.5. The second kappa shape index (κ2) is 6.20. The number of halogens is 1. The first-order valence-corrected chi connectivity index (χ1v) is 9.07. The Balaban J connectivity index is 2.39. The van der Waals surface area contributed by atoms with Crippen molar-refractivity contribution in [2.75, 3.05) is 6.54 Å². The molecule has 0 bridgehead atoms. The minimum Gasteiger partial charge on any atom is -0.389 e. The summed E-state index contributed by atoms with van der Waals surface area (Å²) >= 11 is 11.0. The molecule has 21 heavy (non-hydrogen) atoms. The molecule has 2 N–H and O–H groups in total. The van der Waals surface area contributed by atoms with Gasteiger partial charge in [-0.25, -0.2) is 8.42 Å². The molecule has 1 aromatic rings. The summed E-state index contributed by atoms with van der Waals surface area (Å²) in [5, 5.41) is 0.265.